The second-order valence-corrected chi connectivity index (χ2v) is 5.84. The molecule has 1 aliphatic heterocycles. The summed E-state index contributed by atoms with van der Waals surface area (Å²) in [4.78, 5) is 0. The van der Waals surface area contributed by atoms with Crippen LogP contribution in [-0.4, -0.2) is 37.5 Å². The number of methoxy groups -OCH3 is 1. The van der Waals surface area contributed by atoms with Crippen LogP contribution >= 0.6 is 0 Å². The van der Waals surface area contributed by atoms with Crippen LogP contribution in [0.3, 0.4) is 0 Å². The van der Waals surface area contributed by atoms with Crippen LogP contribution in [0.1, 0.15) is 30.4 Å². The van der Waals surface area contributed by atoms with E-state index in [1.165, 1.54) is 7.11 Å². The summed E-state index contributed by atoms with van der Waals surface area (Å²) in [6.07, 6.45) is -10.6. The molecule has 0 radical (unpaired) electrons. The number of hydrogen-bond donors (Lipinski definition) is 1. The first-order valence-corrected chi connectivity index (χ1v) is 7.77. The average molecular weight is 388 g/mol. The van der Waals surface area contributed by atoms with E-state index in [1.54, 1.807) is 0 Å². The van der Waals surface area contributed by atoms with Gasteiger partial charge in [0.2, 0.25) is 0 Å². The van der Waals surface area contributed by atoms with Crippen molar-refractivity contribution in [2.75, 3.05) is 13.7 Å². The van der Waals surface area contributed by atoms with Crippen LogP contribution in [0.25, 0.3) is 0 Å². The summed E-state index contributed by atoms with van der Waals surface area (Å²) in [6, 6.07) is 2.43. The Morgan fingerprint density at radius 1 is 1.12 bits per heavy atom. The van der Waals surface area contributed by atoms with E-state index in [0.717, 1.165) is 25.0 Å². The van der Waals surface area contributed by atoms with Gasteiger partial charge in [-0.3, -0.25) is 0 Å². The largest absolute Gasteiger partial charge is 0.497 e. The van der Waals surface area contributed by atoms with Crippen LogP contribution < -0.4 is 4.74 Å². The van der Waals surface area contributed by atoms with Gasteiger partial charge in [-0.2, -0.15) is 26.3 Å². The topological polar surface area (TPSA) is 47.9 Å². The number of aliphatic hydroxyl groups is 1. The zero-order valence-corrected chi connectivity index (χ0v) is 13.8. The number of benzene rings is 1. The van der Waals surface area contributed by atoms with Crippen molar-refractivity contribution in [3.63, 3.8) is 0 Å². The van der Waals surface area contributed by atoms with E-state index in [4.69, 9.17) is 14.2 Å². The highest BCUT2D eigenvalue weighted by Crippen LogP contribution is 2.51. The van der Waals surface area contributed by atoms with Crippen LogP contribution in [0.5, 0.6) is 5.75 Å². The molecule has 1 fully saturated rings. The lowest BCUT2D eigenvalue weighted by Gasteiger charge is -2.34. The maximum atomic E-state index is 13.2. The molecule has 1 unspecified atom stereocenters. The Bertz CT molecular complexity index is 594. The van der Waals surface area contributed by atoms with Gasteiger partial charge in [0.1, 0.15) is 5.75 Å². The molecule has 0 amide bonds. The maximum Gasteiger partial charge on any atom is 0.430 e. The standard InChI is InChI=1S/C16H18F6O4/c1-24-11-5-6-12(14(23,15(17,18)19)16(20,21)22)10(8-11)9-26-13-4-2-3-7-25-13/h5-6,8,13,23H,2-4,7,9H2,1H3. The second-order valence-electron chi connectivity index (χ2n) is 5.84. The molecule has 1 atom stereocenters. The predicted molar refractivity (Wildman–Crippen MR) is 77.4 cm³/mol. The van der Waals surface area contributed by atoms with E-state index in [1.807, 2.05) is 0 Å². The van der Waals surface area contributed by atoms with Crippen molar-refractivity contribution < 1.29 is 45.7 Å². The molecule has 1 N–H and O–H groups in total. The minimum Gasteiger partial charge on any atom is -0.497 e. The molecule has 0 spiro atoms. The Hall–Kier alpha value is -1.52. The molecule has 0 aromatic heterocycles. The van der Waals surface area contributed by atoms with E-state index < -0.39 is 42.0 Å². The zero-order valence-electron chi connectivity index (χ0n) is 13.8. The number of ether oxygens (including phenoxy) is 3. The lowest BCUT2D eigenvalue weighted by Crippen LogP contribution is -2.54. The number of rotatable bonds is 5. The molecular weight excluding hydrogens is 370 g/mol. The van der Waals surface area contributed by atoms with Crippen molar-refractivity contribution >= 4 is 0 Å². The normalized spacial score (nSPS) is 19.5. The van der Waals surface area contributed by atoms with E-state index in [9.17, 15) is 31.4 Å². The van der Waals surface area contributed by atoms with Gasteiger partial charge in [-0.15, -0.1) is 0 Å². The molecule has 148 valence electrons. The van der Waals surface area contributed by atoms with Gasteiger partial charge in [-0.1, -0.05) is 6.07 Å². The molecule has 0 saturated carbocycles. The van der Waals surface area contributed by atoms with E-state index in [0.29, 0.717) is 19.1 Å². The zero-order chi connectivity index (χ0) is 19.6. The fraction of sp³-hybridized carbons (Fsp3) is 0.625. The van der Waals surface area contributed by atoms with Crippen LogP contribution in [-0.2, 0) is 21.7 Å². The molecule has 1 aromatic rings. The third-order valence-electron chi connectivity index (χ3n) is 4.09. The number of hydrogen-bond acceptors (Lipinski definition) is 4. The van der Waals surface area contributed by atoms with Gasteiger partial charge in [0, 0.05) is 12.2 Å². The van der Waals surface area contributed by atoms with E-state index in [-0.39, 0.29) is 5.75 Å². The van der Waals surface area contributed by atoms with Crippen molar-refractivity contribution in [1.29, 1.82) is 0 Å². The summed E-state index contributed by atoms with van der Waals surface area (Å²) >= 11 is 0. The Balaban J connectivity index is 2.42. The number of halogens is 6. The van der Waals surface area contributed by atoms with Crippen LogP contribution in [0.15, 0.2) is 18.2 Å². The molecule has 1 aromatic carbocycles. The van der Waals surface area contributed by atoms with Crippen molar-refractivity contribution in [2.24, 2.45) is 0 Å². The lowest BCUT2D eigenvalue weighted by molar-refractivity contribution is -0.376. The van der Waals surface area contributed by atoms with Crippen molar-refractivity contribution in [1.82, 2.24) is 0 Å². The fourth-order valence-corrected chi connectivity index (χ4v) is 2.66. The highest BCUT2D eigenvalue weighted by Gasteiger charge is 2.71. The Kier molecular flexibility index (Phi) is 6.09. The first-order chi connectivity index (χ1) is 12.0. The summed E-state index contributed by atoms with van der Waals surface area (Å²) in [5.41, 5.74) is -6.87. The molecule has 2 rings (SSSR count). The quantitative estimate of drug-likeness (QED) is 0.774. The molecule has 1 heterocycles. The summed E-state index contributed by atoms with van der Waals surface area (Å²) < 4.78 is 94.5. The third kappa shape index (κ3) is 4.07. The fourth-order valence-electron chi connectivity index (χ4n) is 2.66. The Morgan fingerprint density at radius 2 is 1.77 bits per heavy atom. The van der Waals surface area contributed by atoms with Crippen molar-refractivity contribution in [3.05, 3.63) is 29.3 Å². The first-order valence-electron chi connectivity index (χ1n) is 7.77. The first kappa shape index (κ1) is 20.8. The summed E-state index contributed by atoms with van der Waals surface area (Å²) in [6.45, 7) is -0.212. The Labute approximate surface area is 145 Å². The molecule has 10 heteroatoms. The lowest BCUT2D eigenvalue weighted by atomic mass is 9.88. The molecular formula is C16H18F6O4. The molecule has 1 aliphatic rings. The molecule has 0 aliphatic carbocycles. The summed E-state index contributed by atoms with van der Waals surface area (Å²) in [5, 5.41) is 9.66. The number of alkyl halides is 6. The minimum atomic E-state index is -5.98. The van der Waals surface area contributed by atoms with Gasteiger partial charge in [-0.25, -0.2) is 0 Å². The average Bonchev–Trinajstić information content (AvgIpc) is 2.58. The van der Waals surface area contributed by atoms with Gasteiger partial charge in [0.15, 0.2) is 6.29 Å². The minimum absolute atomic E-state index is 0.0311. The predicted octanol–water partition coefficient (Wildman–Crippen LogP) is 4.05. The molecule has 26 heavy (non-hydrogen) atoms. The van der Waals surface area contributed by atoms with E-state index >= 15 is 0 Å². The smallest absolute Gasteiger partial charge is 0.430 e. The second kappa shape index (κ2) is 7.61. The van der Waals surface area contributed by atoms with Crippen molar-refractivity contribution in [2.45, 2.75) is 50.1 Å². The summed E-state index contributed by atoms with van der Waals surface area (Å²) in [5.74, 6) is 0.0311. The van der Waals surface area contributed by atoms with Gasteiger partial charge < -0.3 is 19.3 Å². The van der Waals surface area contributed by atoms with Crippen LogP contribution in [0, 0.1) is 0 Å². The van der Waals surface area contributed by atoms with Crippen LogP contribution in [0.4, 0.5) is 26.3 Å². The van der Waals surface area contributed by atoms with E-state index in [2.05, 4.69) is 0 Å². The summed E-state index contributed by atoms with van der Waals surface area (Å²) in [7, 11) is 1.21. The van der Waals surface area contributed by atoms with Gasteiger partial charge in [0.25, 0.3) is 5.60 Å². The molecule has 4 nitrogen and oxygen atoms in total. The monoisotopic (exact) mass is 388 g/mol. The van der Waals surface area contributed by atoms with Gasteiger partial charge in [0.05, 0.1) is 13.7 Å². The highest BCUT2D eigenvalue weighted by atomic mass is 19.4. The highest BCUT2D eigenvalue weighted by molar-refractivity contribution is 5.40. The Morgan fingerprint density at radius 3 is 2.27 bits per heavy atom. The van der Waals surface area contributed by atoms with Crippen molar-refractivity contribution in [3.8, 4) is 5.75 Å². The SMILES string of the molecule is COc1ccc(C(O)(C(F)(F)F)C(F)(F)F)c(COC2CCCCO2)c1. The van der Waals surface area contributed by atoms with Gasteiger partial charge >= 0.3 is 12.4 Å². The molecule has 1 saturated heterocycles. The maximum absolute atomic E-state index is 13.2. The van der Waals surface area contributed by atoms with Crippen LogP contribution in [0.2, 0.25) is 0 Å². The molecule has 0 bridgehead atoms. The third-order valence-corrected chi connectivity index (χ3v) is 4.09. The van der Waals surface area contributed by atoms with Gasteiger partial charge in [-0.05, 0) is 37.0 Å².